The maximum absolute atomic E-state index is 12.0. The van der Waals surface area contributed by atoms with Gasteiger partial charge in [0.15, 0.2) is 16.6 Å². The van der Waals surface area contributed by atoms with Gasteiger partial charge in [0.2, 0.25) is 0 Å². The molecule has 3 rings (SSSR count). The van der Waals surface area contributed by atoms with Gasteiger partial charge in [0, 0.05) is 11.8 Å². The highest BCUT2D eigenvalue weighted by atomic mass is 28.4. The number of carbonyl (C=O) groups is 1. The van der Waals surface area contributed by atoms with Gasteiger partial charge in [-0.2, -0.15) is 0 Å². The largest absolute Gasteiger partial charge is 0.413 e. The maximum Gasteiger partial charge on any atom is 0.192 e. The van der Waals surface area contributed by atoms with Crippen LogP contribution in [-0.4, -0.2) is 35.1 Å². The van der Waals surface area contributed by atoms with Crippen molar-refractivity contribution < 1.29 is 13.6 Å². The van der Waals surface area contributed by atoms with E-state index >= 15 is 0 Å². The minimum atomic E-state index is -1.98. The van der Waals surface area contributed by atoms with Crippen LogP contribution in [0.4, 0.5) is 0 Å². The molecule has 0 aromatic heterocycles. The minimum absolute atomic E-state index is 0.00920. The molecule has 0 bridgehead atoms. The second kappa shape index (κ2) is 11.4. The van der Waals surface area contributed by atoms with Crippen LogP contribution >= 0.6 is 0 Å². The first-order chi connectivity index (χ1) is 18.1. The Hall–Kier alpha value is -0.756. The molecule has 0 aliphatic heterocycles. The summed E-state index contributed by atoms with van der Waals surface area (Å²) >= 11 is 0. The summed E-state index contributed by atoms with van der Waals surface area (Å²) in [5, 5.41) is 0.317. The molecule has 0 heterocycles. The van der Waals surface area contributed by atoms with Gasteiger partial charge >= 0.3 is 0 Å². The predicted molar refractivity (Wildman–Crippen MR) is 177 cm³/mol. The van der Waals surface area contributed by atoms with E-state index < -0.39 is 16.6 Å². The standard InChI is InChI=1S/C35H62O3Si2/c1-25-27(18-17-26-16-15-21-35(10)29(26)19-20-31(35)34(8,9)24-36)22-28(37-39(11,12)32(2,3)4)23-30(25)38-40(13,14)33(5,6)7/h17-18,24,28-31H,1,15-16,19-23H2,2-14H3/b26-17+,27-18-/t28?,29?,30-,31?,35-/m0/s1. The summed E-state index contributed by atoms with van der Waals surface area (Å²) in [4.78, 5) is 12.0. The fourth-order valence-corrected chi connectivity index (χ4v) is 9.98. The predicted octanol–water partition coefficient (Wildman–Crippen LogP) is 10.4. The molecule has 0 spiro atoms. The van der Waals surface area contributed by atoms with E-state index in [-0.39, 0.29) is 33.1 Å². The Morgan fingerprint density at radius 2 is 1.48 bits per heavy atom. The molecule has 0 saturated heterocycles. The SMILES string of the molecule is C=C1/C(=C\C=C2/CCC[C@@]3(C)C2CCC3C(C)(C)C=O)CC(O[Si](C)(C)C(C)(C)C)C[C@@H]1O[Si](C)(C)C(C)(C)C. The molecular formula is C35H62O3Si2. The Labute approximate surface area is 249 Å². The van der Waals surface area contributed by atoms with Crippen molar-refractivity contribution in [3.8, 4) is 0 Å². The Morgan fingerprint density at radius 3 is 2.02 bits per heavy atom. The average molecular weight is 587 g/mol. The second-order valence-corrected chi connectivity index (χ2v) is 26.8. The summed E-state index contributed by atoms with van der Waals surface area (Å²) < 4.78 is 14.1. The van der Waals surface area contributed by atoms with Crippen molar-refractivity contribution in [2.75, 3.05) is 0 Å². The molecule has 0 aromatic carbocycles. The number of hydrogen-bond acceptors (Lipinski definition) is 3. The van der Waals surface area contributed by atoms with E-state index in [0.29, 0.717) is 11.8 Å². The van der Waals surface area contributed by atoms with Crippen molar-refractivity contribution in [1.82, 2.24) is 0 Å². The first kappa shape index (κ1) is 33.7. The molecule has 3 unspecified atom stereocenters. The quantitative estimate of drug-likeness (QED) is 0.220. The van der Waals surface area contributed by atoms with Crippen LogP contribution in [0.15, 0.2) is 35.5 Å². The van der Waals surface area contributed by atoms with Crippen LogP contribution in [-0.2, 0) is 13.6 Å². The van der Waals surface area contributed by atoms with E-state index in [4.69, 9.17) is 8.85 Å². The number of carbonyl (C=O) groups excluding carboxylic acids is 1. The number of aldehydes is 1. The molecule has 3 fully saturated rings. The van der Waals surface area contributed by atoms with Crippen LogP contribution < -0.4 is 0 Å². The lowest BCUT2D eigenvalue weighted by Crippen LogP contribution is -2.49. The Morgan fingerprint density at radius 1 is 0.900 bits per heavy atom. The third-order valence-corrected chi connectivity index (χ3v) is 20.9. The van der Waals surface area contributed by atoms with Crippen LogP contribution in [0.25, 0.3) is 0 Å². The zero-order valence-electron chi connectivity index (χ0n) is 28.4. The lowest BCUT2D eigenvalue weighted by Gasteiger charge is -2.46. The number of hydrogen-bond donors (Lipinski definition) is 0. The third kappa shape index (κ3) is 6.73. The lowest BCUT2D eigenvalue weighted by molar-refractivity contribution is -0.120. The highest BCUT2D eigenvalue weighted by Crippen LogP contribution is 2.61. The third-order valence-electron chi connectivity index (χ3n) is 11.9. The van der Waals surface area contributed by atoms with Gasteiger partial charge in [-0.3, -0.25) is 0 Å². The summed E-state index contributed by atoms with van der Waals surface area (Å²) in [6.45, 7) is 34.8. The molecule has 3 aliphatic carbocycles. The molecule has 3 saturated carbocycles. The van der Waals surface area contributed by atoms with E-state index in [1.54, 1.807) is 5.57 Å². The van der Waals surface area contributed by atoms with Gasteiger partial charge in [-0.25, -0.2) is 0 Å². The molecule has 0 N–H and O–H groups in total. The number of fused-ring (bicyclic) bond motifs is 1. The van der Waals surface area contributed by atoms with E-state index in [0.717, 1.165) is 24.8 Å². The highest BCUT2D eigenvalue weighted by molar-refractivity contribution is 6.74. The Bertz CT molecular complexity index is 1020. The van der Waals surface area contributed by atoms with Gasteiger partial charge in [-0.15, -0.1) is 0 Å². The summed E-state index contributed by atoms with van der Waals surface area (Å²) in [6, 6.07) is 0. The molecule has 5 atom stereocenters. The number of allylic oxidation sites excluding steroid dienone is 3. The lowest BCUT2D eigenvalue weighted by atomic mass is 9.58. The topological polar surface area (TPSA) is 35.5 Å². The van der Waals surface area contributed by atoms with Crippen LogP contribution in [0.3, 0.4) is 0 Å². The smallest absolute Gasteiger partial charge is 0.192 e. The van der Waals surface area contributed by atoms with Gasteiger partial charge < -0.3 is 13.6 Å². The minimum Gasteiger partial charge on any atom is -0.413 e. The van der Waals surface area contributed by atoms with Crippen molar-refractivity contribution in [2.24, 2.45) is 22.7 Å². The van der Waals surface area contributed by atoms with Gasteiger partial charge in [0.25, 0.3) is 0 Å². The van der Waals surface area contributed by atoms with Gasteiger partial charge in [0.05, 0.1) is 12.2 Å². The van der Waals surface area contributed by atoms with Crippen molar-refractivity contribution in [3.05, 3.63) is 35.5 Å². The fourth-order valence-electron chi connectivity index (χ4n) is 7.31. The molecular weight excluding hydrogens is 525 g/mol. The van der Waals surface area contributed by atoms with Gasteiger partial charge in [-0.1, -0.05) is 86.6 Å². The van der Waals surface area contributed by atoms with Gasteiger partial charge in [0.1, 0.15) is 6.29 Å². The summed E-state index contributed by atoms with van der Waals surface area (Å²) in [5.74, 6) is 1.02. The summed E-state index contributed by atoms with van der Waals surface area (Å²) in [7, 11) is -3.90. The van der Waals surface area contributed by atoms with E-state index in [1.807, 2.05) is 0 Å². The molecule has 228 valence electrons. The van der Waals surface area contributed by atoms with E-state index in [9.17, 15) is 4.79 Å². The number of rotatable bonds is 7. The monoisotopic (exact) mass is 586 g/mol. The molecule has 3 nitrogen and oxygen atoms in total. The van der Waals surface area contributed by atoms with E-state index in [1.165, 1.54) is 37.5 Å². The Kier molecular flexibility index (Phi) is 9.61. The Balaban J connectivity index is 1.95. The van der Waals surface area contributed by atoms with Crippen molar-refractivity contribution in [1.29, 1.82) is 0 Å². The molecule has 0 aromatic rings. The van der Waals surface area contributed by atoms with Crippen LogP contribution in [0.2, 0.25) is 36.3 Å². The maximum atomic E-state index is 12.0. The molecule has 3 aliphatic rings. The fraction of sp³-hybridized carbons (Fsp3) is 0.800. The normalized spacial score (nSPS) is 33.0. The first-order valence-corrected chi connectivity index (χ1v) is 21.8. The zero-order chi connectivity index (χ0) is 30.5. The molecule has 5 heteroatoms. The molecule has 0 amide bonds. The van der Waals surface area contributed by atoms with Crippen LogP contribution in [0.1, 0.15) is 107 Å². The van der Waals surface area contributed by atoms with Crippen molar-refractivity contribution in [3.63, 3.8) is 0 Å². The highest BCUT2D eigenvalue weighted by Gasteiger charge is 2.54. The average Bonchev–Trinajstić information content (AvgIpc) is 3.16. The van der Waals surface area contributed by atoms with Crippen LogP contribution in [0.5, 0.6) is 0 Å². The van der Waals surface area contributed by atoms with Crippen molar-refractivity contribution in [2.45, 2.75) is 156 Å². The van der Waals surface area contributed by atoms with E-state index in [2.05, 4.69) is 107 Å². The zero-order valence-corrected chi connectivity index (χ0v) is 30.4. The van der Waals surface area contributed by atoms with Gasteiger partial charge in [-0.05, 0) is 103 Å². The second-order valence-electron chi connectivity index (χ2n) is 17.2. The first-order valence-electron chi connectivity index (χ1n) is 16.0. The summed E-state index contributed by atoms with van der Waals surface area (Å²) in [5.41, 5.74) is 3.99. The van der Waals surface area contributed by atoms with Crippen molar-refractivity contribution >= 4 is 22.9 Å². The summed E-state index contributed by atoms with van der Waals surface area (Å²) in [6.07, 6.45) is 14.0. The molecule has 40 heavy (non-hydrogen) atoms. The van der Waals surface area contributed by atoms with Crippen LogP contribution in [0, 0.1) is 22.7 Å². The molecule has 0 radical (unpaired) electrons.